The van der Waals surface area contributed by atoms with E-state index in [1.54, 1.807) is 12.1 Å². The first-order valence-corrected chi connectivity index (χ1v) is 10.5. The summed E-state index contributed by atoms with van der Waals surface area (Å²) in [6, 6.07) is 6.03. The van der Waals surface area contributed by atoms with E-state index in [0.717, 1.165) is 12.0 Å². The fourth-order valence-corrected chi connectivity index (χ4v) is 4.04. The summed E-state index contributed by atoms with van der Waals surface area (Å²) in [7, 11) is 0. The summed E-state index contributed by atoms with van der Waals surface area (Å²) in [5, 5.41) is 8.66. The van der Waals surface area contributed by atoms with E-state index in [1.165, 1.54) is 17.7 Å². The molecule has 0 saturated heterocycles. The number of amides is 3. The van der Waals surface area contributed by atoms with Crippen LogP contribution in [0.15, 0.2) is 35.9 Å². The molecule has 0 aliphatic heterocycles. The van der Waals surface area contributed by atoms with E-state index in [0.29, 0.717) is 37.9 Å². The number of urea groups is 1. The summed E-state index contributed by atoms with van der Waals surface area (Å²) in [5.74, 6) is 1.08. The van der Waals surface area contributed by atoms with Crippen LogP contribution in [0, 0.1) is 29.5 Å². The lowest BCUT2D eigenvalue weighted by Crippen LogP contribution is -2.41. The second-order valence-corrected chi connectivity index (χ2v) is 8.26. The average Bonchev–Trinajstić information content (AvgIpc) is 2.67. The van der Waals surface area contributed by atoms with Crippen LogP contribution in [0.5, 0.6) is 0 Å². The maximum Gasteiger partial charge on any atom is 0.314 e. The first-order chi connectivity index (χ1) is 13.8. The molecule has 3 atom stereocenters. The Balaban J connectivity index is 1.93. The van der Waals surface area contributed by atoms with Crippen LogP contribution >= 0.6 is 0 Å². The Hall–Kier alpha value is -2.37. The fraction of sp³-hybridized carbons (Fsp3) is 0.565. The van der Waals surface area contributed by atoms with Crippen LogP contribution in [0.3, 0.4) is 0 Å². The van der Waals surface area contributed by atoms with Crippen molar-refractivity contribution in [2.45, 2.75) is 47.1 Å². The highest BCUT2D eigenvalue weighted by Gasteiger charge is 2.32. The van der Waals surface area contributed by atoms with Gasteiger partial charge in [-0.3, -0.25) is 4.79 Å². The smallest absolute Gasteiger partial charge is 0.314 e. The highest BCUT2D eigenvalue weighted by atomic mass is 19.1. The van der Waals surface area contributed by atoms with Crippen LogP contribution < -0.4 is 16.0 Å². The molecule has 2 rings (SSSR count). The number of allylic oxidation sites excluding steroid dienone is 1. The van der Waals surface area contributed by atoms with E-state index in [4.69, 9.17) is 0 Å². The first-order valence-electron chi connectivity index (χ1n) is 10.5. The number of halogens is 1. The van der Waals surface area contributed by atoms with E-state index in [9.17, 15) is 14.0 Å². The van der Waals surface area contributed by atoms with Gasteiger partial charge in [0.1, 0.15) is 5.82 Å². The largest absolute Gasteiger partial charge is 0.352 e. The van der Waals surface area contributed by atoms with Gasteiger partial charge in [-0.2, -0.15) is 0 Å². The maximum atomic E-state index is 13.0. The van der Waals surface area contributed by atoms with Crippen molar-refractivity contribution in [3.8, 4) is 0 Å². The minimum Gasteiger partial charge on any atom is -0.352 e. The summed E-state index contributed by atoms with van der Waals surface area (Å²) >= 11 is 0. The van der Waals surface area contributed by atoms with Crippen LogP contribution in [0.25, 0.3) is 0 Å². The lowest BCUT2D eigenvalue weighted by molar-refractivity contribution is -0.122. The van der Waals surface area contributed by atoms with Gasteiger partial charge in [0.25, 0.3) is 0 Å². The zero-order chi connectivity index (χ0) is 21.4. The molecule has 0 unspecified atom stereocenters. The summed E-state index contributed by atoms with van der Waals surface area (Å²) in [6.45, 7) is 9.99. The molecule has 0 spiro atoms. The number of hydrogen-bond donors (Lipinski definition) is 3. The molecule has 0 fully saturated rings. The lowest BCUT2D eigenvalue weighted by Gasteiger charge is -2.37. The Morgan fingerprint density at radius 2 is 1.83 bits per heavy atom. The Bertz CT molecular complexity index is 715. The first kappa shape index (κ1) is 22.9. The Morgan fingerprint density at radius 1 is 1.14 bits per heavy atom. The Kier molecular flexibility index (Phi) is 8.68. The normalized spacial score (nSPS) is 21.4. The molecule has 1 aromatic carbocycles. The van der Waals surface area contributed by atoms with E-state index in [2.05, 4.69) is 42.8 Å². The molecule has 1 aromatic rings. The van der Waals surface area contributed by atoms with Gasteiger partial charge in [0.05, 0.1) is 0 Å². The van der Waals surface area contributed by atoms with Crippen LogP contribution in [-0.4, -0.2) is 25.0 Å². The van der Waals surface area contributed by atoms with Crippen molar-refractivity contribution in [2.24, 2.45) is 23.7 Å². The van der Waals surface area contributed by atoms with Crippen LogP contribution in [0.4, 0.5) is 9.18 Å². The van der Waals surface area contributed by atoms with E-state index in [1.807, 2.05) is 6.92 Å². The molecule has 0 saturated carbocycles. The minimum atomic E-state index is -0.279. The molecule has 0 heterocycles. The molecule has 0 radical (unpaired) electrons. The SMILES string of the molecule is CCNC(=O)NC[C@@H]1C=C(C)[C@H](CC(=O)NCc2ccc(F)cc2)C[C@H]1C(C)C. The van der Waals surface area contributed by atoms with Crippen molar-refractivity contribution in [1.82, 2.24) is 16.0 Å². The van der Waals surface area contributed by atoms with E-state index >= 15 is 0 Å². The average molecular weight is 404 g/mol. The second-order valence-electron chi connectivity index (χ2n) is 8.26. The van der Waals surface area contributed by atoms with Crippen LogP contribution in [0.1, 0.15) is 46.1 Å². The van der Waals surface area contributed by atoms with Gasteiger partial charge in [-0.1, -0.05) is 37.6 Å². The van der Waals surface area contributed by atoms with E-state index < -0.39 is 0 Å². The van der Waals surface area contributed by atoms with Crippen LogP contribution in [0.2, 0.25) is 0 Å². The molecule has 0 aromatic heterocycles. The van der Waals surface area contributed by atoms with Crippen LogP contribution in [-0.2, 0) is 11.3 Å². The van der Waals surface area contributed by atoms with Crippen molar-refractivity contribution < 1.29 is 14.0 Å². The molecular formula is C23H34FN3O2. The summed E-state index contributed by atoms with van der Waals surface area (Å²) < 4.78 is 13.0. The molecule has 1 aliphatic rings. The summed E-state index contributed by atoms with van der Waals surface area (Å²) in [6.07, 6.45) is 3.62. The molecule has 0 bridgehead atoms. The third kappa shape index (κ3) is 7.18. The van der Waals surface area contributed by atoms with Gasteiger partial charge in [-0.05, 0) is 61.6 Å². The third-order valence-electron chi connectivity index (χ3n) is 5.75. The molecule has 160 valence electrons. The molecule has 29 heavy (non-hydrogen) atoms. The second kappa shape index (κ2) is 11.0. The molecule has 5 nitrogen and oxygen atoms in total. The van der Waals surface area contributed by atoms with Gasteiger partial charge in [-0.25, -0.2) is 9.18 Å². The standard InChI is InChI=1S/C23H34FN3O2/c1-5-25-23(29)27-14-19-10-16(4)18(11-21(19)15(2)3)12-22(28)26-13-17-6-8-20(24)9-7-17/h6-10,15,18-19,21H,5,11-14H2,1-4H3,(H,26,28)(H2,25,27,29)/t18-,19-,21-/m0/s1. The zero-order valence-corrected chi connectivity index (χ0v) is 17.9. The van der Waals surface area contributed by atoms with Gasteiger partial charge >= 0.3 is 6.03 Å². The minimum absolute atomic E-state index is 0.00785. The van der Waals surface area contributed by atoms with Gasteiger partial charge in [0, 0.05) is 26.1 Å². The van der Waals surface area contributed by atoms with Crippen molar-refractivity contribution in [1.29, 1.82) is 0 Å². The van der Waals surface area contributed by atoms with Gasteiger partial charge in [0.15, 0.2) is 0 Å². The third-order valence-corrected chi connectivity index (χ3v) is 5.75. The number of nitrogens with one attached hydrogen (secondary N) is 3. The number of carbonyl (C=O) groups is 2. The zero-order valence-electron chi connectivity index (χ0n) is 17.9. The molecule has 1 aliphatic carbocycles. The topological polar surface area (TPSA) is 70.2 Å². The van der Waals surface area contributed by atoms with Crippen molar-refractivity contribution in [3.05, 3.63) is 47.3 Å². The summed E-state index contributed by atoms with van der Waals surface area (Å²) in [4.78, 5) is 24.2. The van der Waals surface area contributed by atoms with Crippen molar-refractivity contribution in [3.63, 3.8) is 0 Å². The number of carbonyl (C=O) groups excluding carboxylic acids is 2. The number of hydrogen-bond acceptors (Lipinski definition) is 2. The monoisotopic (exact) mass is 403 g/mol. The molecule has 3 amide bonds. The van der Waals surface area contributed by atoms with Crippen molar-refractivity contribution >= 4 is 11.9 Å². The van der Waals surface area contributed by atoms with Crippen molar-refractivity contribution in [2.75, 3.05) is 13.1 Å². The van der Waals surface area contributed by atoms with Gasteiger partial charge in [-0.15, -0.1) is 0 Å². The fourth-order valence-electron chi connectivity index (χ4n) is 4.04. The maximum absolute atomic E-state index is 13.0. The summed E-state index contributed by atoms with van der Waals surface area (Å²) in [5.41, 5.74) is 2.09. The predicted octanol–water partition coefficient (Wildman–Crippen LogP) is 4.01. The Labute approximate surface area is 173 Å². The number of benzene rings is 1. The highest BCUT2D eigenvalue weighted by Crippen LogP contribution is 2.38. The van der Waals surface area contributed by atoms with Gasteiger partial charge < -0.3 is 16.0 Å². The number of rotatable bonds is 8. The molecular weight excluding hydrogens is 369 g/mol. The predicted molar refractivity (Wildman–Crippen MR) is 114 cm³/mol. The molecule has 3 N–H and O–H groups in total. The quantitative estimate of drug-likeness (QED) is 0.574. The highest BCUT2D eigenvalue weighted by molar-refractivity contribution is 5.76. The van der Waals surface area contributed by atoms with Gasteiger partial charge in [0.2, 0.25) is 5.91 Å². The Morgan fingerprint density at radius 3 is 2.45 bits per heavy atom. The van der Waals surface area contributed by atoms with E-state index in [-0.39, 0.29) is 29.6 Å². The molecule has 6 heteroatoms. The lowest BCUT2D eigenvalue weighted by atomic mass is 9.70.